The highest BCUT2D eigenvalue weighted by Gasteiger charge is 2.25. The van der Waals surface area contributed by atoms with Gasteiger partial charge < -0.3 is 14.7 Å². The summed E-state index contributed by atoms with van der Waals surface area (Å²) in [6.07, 6.45) is 2.46. The first-order chi connectivity index (χ1) is 13.1. The molecule has 142 valence electrons. The molecule has 0 aliphatic carbocycles. The molecule has 2 fully saturated rings. The summed E-state index contributed by atoms with van der Waals surface area (Å²) in [5.41, 5.74) is 1.71. The predicted octanol–water partition coefficient (Wildman–Crippen LogP) is 3.11. The quantitative estimate of drug-likeness (QED) is 0.749. The molecule has 7 heteroatoms. The van der Waals surface area contributed by atoms with E-state index in [1.807, 2.05) is 36.1 Å². The normalized spacial score (nSPS) is 17.5. The Balaban J connectivity index is 1.45. The van der Waals surface area contributed by atoms with Crippen LogP contribution >= 0.6 is 15.9 Å². The van der Waals surface area contributed by atoms with Crippen molar-refractivity contribution < 1.29 is 4.79 Å². The van der Waals surface area contributed by atoms with E-state index in [0.717, 1.165) is 48.1 Å². The second-order valence-corrected chi connectivity index (χ2v) is 7.98. The molecule has 2 aliphatic heterocycles. The van der Waals surface area contributed by atoms with E-state index in [2.05, 4.69) is 36.8 Å². The maximum atomic E-state index is 12.8. The number of benzene rings is 1. The van der Waals surface area contributed by atoms with E-state index in [9.17, 15) is 4.79 Å². The van der Waals surface area contributed by atoms with Gasteiger partial charge in [-0.15, -0.1) is 0 Å². The van der Waals surface area contributed by atoms with Crippen LogP contribution in [-0.2, 0) is 0 Å². The van der Waals surface area contributed by atoms with Crippen LogP contribution in [0, 0.1) is 6.92 Å². The number of rotatable bonds is 3. The van der Waals surface area contributed by atoms with Gasteiger partial charge in [-0.1, -0.05) is 12.1 Å². The van der Waals surface area contributed by atoms with Gasteiger partial charge >= 0.3 is 0 Å². The van der Waals surface area contributed by atoms with Crippen LogP contribution < -0.4 is 9.80 Å². The summed E-state index contributed by atoms with van der Waals surface area (Å²) in [4.78, 5) is 28.7. The van der Waals surface area contributed by atoms with Crippen molar-refractivity contribution in [1.82, 2.24) is 14.9 Å². The number of anilines is 2. The average Bonchev–Trinajstić information content (AvgIpc) is 3.22. The van der Waals surface area contributed by atoms with Crippen LogP contribution in [0.2, 0.25) is 0 Å². The Morgan fingerprint density at radius 2 is 1.67 bits per heavy atom. The lowest BCUT2D eigenvalue weighted by Gasteiger charge is -2.35. The molecule has 2 aromatic rings. The number of halogens is 1. The van der Waals surface area contributed by atoms with Gasteiger partial charge in [0.1, 0.15) is 5.82 Å². The van der Waals surface area contributed by atoms with E-state index in [1.165, 1.54) is 12.8 Å². The summed E-state index contributed by atoms with van der Waals surface area (Å²) in [6, 6.07) is 9.66. The zero-order valence-corrected chi connectivity index (χ0v) is 17.2. The highest BCUT2D eigenvalue weighted by Crippen LogP contribution is 2.23. The van der Waals surface area contributed by atoms with E-state index in [4.69, 9.17) is 4.98 Å². The molecule has 0 saturated carbocycles. The van der Waals surface area contributed by atoms with Crippen molar-refractivity contribution >= 4 is 33.6 Å². The molecule has 1 aromatic carbocycles. The first-order valence-corrected chi connectivity index (χ1v) is 10.3. The van der Waals surface area contributed by atoms with Crippen LogP contribution in [0.4, 0.5) is 11.8 Å². The Kier molecular flexibility index (Phi) is 5.29. The molecule has 6 nitrogen and oxygen atoms in total. The Morgan fingerprint density at radius 1 is 0.963 bits per heavy atom. The first kappa shape index (κ1) is 18.2. The Bertz CT molecular complexity index is 829. The minimum absolute atomic E-state index is 0.0741. The minimum atomic E-state index is 0.0741. The van der Waals surface area contributed by atoms with Gasteiger partial charge in [0, 0.05) is 55.5 Å². The maximum Gasteiger partial charge on any atom is 0.255 e. The zero-order chi connectivity index (χ0) is 18.8. The Labute approximate surface area is 168 Å². The van der Waals surface area contributed by atoms with Crippen molar-refractivity contribution in [2.24, 2.45) is 0 Å². The fourth-order valence-electron chi connectivity index (χ4n) is 3.70. The van der Waals surface area contributed by atoms with Gasteiger partial charge in [-0.05, 0) is 47.8 Å². The largest absolute Gasteiger partial charge is 0.356 e. The molecule has 0 bridgehead atoms. The smallest absolute Gasteiger partial charge is 0.255 e. The lowest BCUT2D eigenvalue weighted by atomic mass is 10.2. The third kappa shape index (κ3) is 3.93. The second kappa shape index (κ2) is 7.84. The highest BCUT2D eigenvalue weighted by molar-refractivity contribution is 9.10. The number of aryl methyl sites for hydroxylation is 1. The second-order valence-electron chi connectivity index (χ2n) is 7.12. The number of aromatic nitrogens is 2. The maximum absolute atomic E-state index is 12.8. The van der Waals surface area contributed by atoms with Crippen LogP contribution in [0.25, 0.3) is 0 Å². The van der Waals surface area contributed by atoms with Gasteiger partial charge in [0.05, 0.1) is 5.56 Å². The van der Waals surface area contributed by atoms with E-state index in [-0.39, 0.29) is 5.91 Å². The summed E-state index contributed by atoms with van der Waals surface area (Å²) in [6.45, 7) is 7.02. The van der Waals surface area contributed by atoms with Crippen molar-refractivity contribution in [3.05, 3.63) is 46.1 Å². The van der Waals surface area contributed by atoms with Crippen molar-refractivity contribution in [2.75, 3.05) is 49.1 Å². The molecule has 4 rings (SSSR count). The topological polar surface area (TPSA) is 52.6 Å². The standard InChI is InChI=1S/C20H24BrN5O/c1-15-14-18(24-8-4-5-9-24)23-20(22-15)26-12-10-25(11-13-26)19(27)16-6-2-3-7-17(16)21/h2-3,6-7,14H,4-5,8-13H2,1H3. The molecule has 0 atom stereocenters. The third-order valence-electron chi connectivity index (χ3n) is 5.21. The van der Waals surface area contributed by atoms with Crippen LogP contribution in [0.3, 0.4) is 0 Å². The van der Waals surface area contributed by atoms with Crippen LogP contribution in [0.1, 0.15) is 28.9 Å². The van der Waals surface area contributed by atoms with Crippen molar-refractivity contribution in [1.29, 1.82) is 0 Å². The van der Waals surface area contributed by atoms with E-state index in [0.29, 0.717) is 18.7 Å². The fourth-order valence-corrected chi connectivity index (χ4v) is 4.16. The highest BCUT2D eigenvalue weighted by atomic mass is 79.9. The van der Waals surface area contributed by atoms with Crippen LogP contribution in [-0.4, -0.2) is 60.0 Å². The van der Waals surface area contributed by atoms with Crippen LogP contribution in [0.5, 0.6) is 0 Å². The fraction of sp³-hybridized carbons (Fsp3) is 0.450. The number of carbonyl (C=O) groups excluding carboxylic acids is 1. The van der Waals surface area contributed by atoms with Gasteiger partial charge in [-0.25, -0.2) is 4.98 Å². The number of hydrogen-bond donors (Lipinski definition) is 0. The Morgan fingerprint density at radius 3 is 2.37 bits per heavy atom. The lowest BCUT2D eigenvalue weighted by molar-refractivity contribution is 0.0745. The number of hydrogen-bond acceptors (Lipinski definition) is 5. The number of carbonyl (C=O) groups is 1. The molecule has 1 aromatic heterocycles. The zero-order valence-electron chi connectivity index (χ0n) is 15.6. The molecule has 0 N–H and O–H groups in total. The van der Waals surface area contributed by atoms with Crippen molar-refractivity contribution in [3.8, 4) is 0 Å². The molecular weight excluding hydrogens is 406 g/mol. The molecular formula is C20H24BrN5O. The molecule has 0 spiro atoms. The SMILES string of the molecule is Cc1cc(N2CCCC2)nc(N2CCN(C(=O)c3ccccc3Br)CC2)n1. The summed E-state index contributed by atoms with van der Waals surface area (Å²) >= 11 is 3.48. The van der Waals surface area contributed by atoms with Crippen molar-refractivity contribution in [3.63, 3.8) is 0 Å². The summed E-state index contributed by atoms with van der Waals surface area (Å²) in [5, 5.41) is 0. The van der Waals surface area contributed by atoms with E-state index < -0.39 is 0 Å². The summed E-state index contributed by atoms with van der Waals surface area (Å²) in [5.74, 6) is 1.89. The Hall–Kier alpha value is -2.15. The molecule has 27 heavy (non-hydrogen) atoms. The van der Waals surface area contributed by atoms with Crippen LogP contribution in [0.15, 0.2) is 34.8 Å². The van der Waals surface area contributed by atoms with Crippen molar-refractivity contribution in [2.45, 2.75) is 19.8 Å². The lowest BCUT2D eigenvalue weighted by Crippen LogP contribution is -2.49. The third-order valence-corrected chi connectivity index (χ3v) is 5.90. The number of piperazine rings is 1. The van der Waals surface area contributed by atoms with E-state index in [1.54, 1.807) is 0 Å². The monoisotopic (exact) mass is 429 g/mol. The van der Waals surface area contributed by atoms with Gasteiger partial charge in [0.25, 0.3) is 5.91 Å². The number of nitrogens with zero attached hydrogens (tertiary/aromatic N) is 5. The molecule has 2 aliphatic rings. The molecule has 2 saturated heterocycles. The van der Waals surface area contributed by atoms with Gasteiger partial charge in [-0.3, -0.25) is 4.79 Å². The summed E-state index contributed by atoms with van der Waals surface area (Å²) in [7, 11) is 0. The minimum Gasteiger partial charge on any atom is -0.356 e. The molecule has 0 unspecified atom stereocenters. The van der Waals surface area contributed by atoms with E-state index >= 15 is 0 Å². The molecule has 1 amide bonds. The van der Waals surface area contributed by atoms with Gasteiger partial charge in [0.15, 0.2) is 0 Å². The van der Waals surface area contributed by atoms with Gasteiger partial charge in [0.2, 0.25) is 5.95 Å². The average molecular weight is 430 g/mol. The molecule has 0 radical (unpaired) electrons. The van der Waals surface area contributed by atoms with Gasteiger partial charge in [-0.2, -0.15) is 4.98 Å². The summed E-state index contributed by atoms with van der Waals surface area (Å²) < 4.78 is 0.842. The first-order valence-electron chi connectivity index (χ1n) is 9.51. The predicted molar refractivity (Wildman–Crippen MR) is 110 cm³/mol. The molecule has 3 heterocycles. The number of amides is 1.